The van der Waals surface area contributed by atoms with Crippen LogP contribution in [0, 0.1) is 0 Å². The minimum Gasteiger partial charge on any atom is -0.461 e. The molecule has 0 unspecified atom stereocenters. The summed E-state index contributed by atoms with van der Waals surface area (Å²) in [5, 5.41) is 0. The summed E-state index contributed by atoms with van der Waals surface area (Å²) in [6.07, 6.45) is -8.45. The van der Waals surface area contributed by atoms with Crippen LogP contribution in [0.3, 0.4) is 0 Å². The molecule has 0 saturated carbocycles. The molecule has 3 nitrogen and oxygen atoms in total. The molecule has 1 rings (SSSR count). The number of pyridine rings is 1. The van der Waals surface area contributed by atoms with E-state index in [2.05, 4.69) is 25.7 Å². The minimum atomic E-state index is -5.09. The van der Waals surface area contributed by atoms with E-state index in [1.165, 1.54) is 6.92 Å². The van der Waals surface area contributed by atoms with Crippen LogP contribution in [0.2, 0.25) is 0 Å². The standard InChI is InChI=1S/C10H7BrF5NO2/c1-2-19-9(18)6-5(11)3-4(8(12)13)7(17-6)10(14,15)16/h3,8H,2H2,1H3. The number of nitrogens with zero attached hydrogens (tertiary/aromatic N) is 1. The number of halogens is 6. The van der Waals surface area contributed by atoms with Crippen LogP contribution in [-0.4, -0.2) is 17.6 Å². The average molecular weight is 348 g/mol. The molecule has 0 fully saturated rings. The quantitative estimate of drug-likeness (QED) is 0.613. The van der Waals surface area contributed by atoms with Crippen molar-refractivity contribution in [2.24, 2.45) is 0 Å². The molecule has 0 aliphatic heterocycles. The summed E-state index contributed by atoms with van der Waals surface area (Å²) in [6, 6.07) is 0.521. The van der Waals surface area contributed by atoms with Crippen molar-refractivity contribution in [3.63, 3.8) is 0 Å². The Morgan fingerprint density at radius 2 is 2.05 bits per heavy atom. The van der Waals surface area contributed by atoms with E-state index < -0.39 is 35.5 Å². The second-order valence-electron chi connectivity index (χ2n) is 3.28. The van der Waals surface area contributed by atoms with Crippen LogP contribution >= 0.6 is 15.9 Å². The van der Waals surface area contributed by atoms with E-state index in [0.717, 1.165) is 0 Å². The molecule has 0 spiro atoms. The molecule has 106 valence electrons. The largest absolute Gasteiger partial charge is 0.461 e. The van der Waals surface area contributed by atoms with Crippen LogP contribution in [0.1, 0.15) is 35.1 Å². The van der Waals surface area contributed by atoms with Crippen molar-refractivity contribution in [2.75, 3.05) is 6.61 Å². The zero-order valence-electron chi connectivity index (χ0n) is 9.39. The van der Waals surface area contributed by atoms with Gasteiger partial charge in [-0.1, -0.05) is 0 Å². The number of aromatic nitrogens is 1. The summed E-state index contributed by atoms with van der Waals surface area (Å²) in [5.74, 6) is -1.12. The zero-order chi connectivity index (χ0) is 14.8. The Labute approximate surface area is 112 Å². The fourth-order valence-corrected chi connectivity index (χ4v) is 1.74. The van der Waals surface area contributed by atoms with Gasteiger partial charge in [-0.25, -0.2) is 18.6 Å². The number of hydrogen-bond acceptors (Lipinski definition) is 3. The number of esters is 1. The van der Waals surface area contributed by atoms with Gasteiger partial charge in [-0.15, -0.1) is 0 Å². The van der Waals surface area contributed by atoms with E-state index in [-0.39, 0.29) is 11.1 Å². The number of alkyl halides is 5. The molecule has 0 bridgehead atoms. The van der Waals surface area contributed by atoms with Gasteiger partial charge in [0.2, 0.25) is 0 Å². The second kappa shape index (κ2) is 5.81. The SMILES string of the molecule is CCOC(=O)c1nc(C(F)(F)F)c(C(F)F)cc1Br. The highest BCUT2D eigenvalue weighted by atomic mass is 79.9. The van der Waals surface area contributed by atoms with Gasteiger partial charge in [0.15, 0.2) is 11.4 Å². The molecule has 1 heterocycles. The van der Waals surface area contributed by atoms with Gasteiger partial charge < -0.3 is 4.74 Å². The van der Waals surface area contributed by atoms with E-state index in [4.69, 9.17) is 0 Å². The Bertz CT molecular complexity index is 490. The van der Waals surface area contributed by atoms with Crippen LogP contribution in [-0.2, 0) is 10.9 Å². The molecule has 0 aliphatic carbocycles. The summed E-state index contributed by atoms with van der Waals surface area (Å²) in [7, 11) is 0. The first-order chi connectivity index (χ1) is 8.68. The third-order valence-electron chi connectivity index (χ3n) is 1.98. The number of rotatable bonds is 3. The molecule has 19 heavy (non-hydrogen) atoms. The van der Waals surface area contributed by atoms with Gasteiger partial charge in [-0.3, -0.25) is 0 Å². The van der Waals surface area contributed by atoms with Gasteiger partial charge in [0.05, 0.1) is 11.1 Å². The van der Waals surface area contributed by atoms with Crippen molar-refractivity contribution in [1.29, 1.82) is 0 Å². The first-order valence-corrected chi connectivity index (χ1v) is 5.70. The molecule has 0 saturated heterocycles. The Morgan fingerprint density at radius 3 is 2.47 bits per heavy atom. The van der Waals surface area contributed by atoms with Crippen molar-refractivity contribution in [3.8, 4) is 0 Å². The predicted octanol–water partition coefficient (Wildman–Crippen LogP) is 3.98. The smallest absolute Gasteiger partial charge is 0.433 e. The summed E-state index contributed by atoms with van der Waals surface area (Å²) >= 11 is 2.72. The molecule has 0 radical (unpaired) electrons. The third-order valence-corrected chi connectivity index (χ3v) is 2.58. The molecule has 0 atom stereocenters. The lowest BCUT2D eigenvalue weighted by atomic mass is 10.1. The fraction of sp³-hybridized carbons (Fsp3) is 0.400. The van der Waals surface area contributed by atoms with E-state index in [1.54, 1.807) is 0 Å². The highest BCUT2D eigenvalue weighted by molar-refractivity contribution is 9.10. The van der Waals surface area contributed by atoms with Crippen molar-refractivity contribution in [1.82, 2.24) is 4.98 Å². The normalized spacial score (nSPS) is 11.8. The van der Waals surface area contributed by atoms with Crippen LogP contribution in [0.4, 0.5) is 22.0 Å². The molecular formula is C10H7BrF5NO2. The Balaban J connectivity index is 3.43. The molecule has 0 aromatic carbocycles. The Hall–Kier alpha value is -1.25. The summed E-state index contributed by atoms with van der Waals surface area (Å²) in [4.78, 5) is 14.3. The molecule has 1 aromatic rings. The predicted molar refractivity (Wildman–Crippen MR) is 57.9 cm³/mol. The monoisotopic (exact) mass is 347 g/mol. The average Bonchev–Trinajstić information content (AvgIpc) is 2.26. The van der Waals surface area contributed by atoms with Crippen LogP contribution in [0.5, 0.6) is 0 Å². The molecular weight excluding hydrogens is 341 g/mol. The van der Waals surface area contributed by atoms with Gasteiger partial charge in [0.25, 0.3) is 6.43 Å². The molecule has 0 aliphatic rings. The van der Waals surface area contributed by atoms with Gasteiger partial charge in [-0.2, -0.15) is 13.2 Å². The Morgan fingerprint density at radius 1 is 1.47 bits per heavy atom. The van der Waals surface area contributed by atoms with E-state index in [1.807, 2.05) is 0 Å². The summed E-state index contributed by atoms with van der Waals surface area (Å²) in [5.41, 5.74) is -3.79. The first-order valence-electron chi connectivity index (χ1n) is 4.91. The topological polar surface area (TPSA) is 39.2 Å². The molecule has 0 N–H and O–H groups in total. The van der Waals surface area contributed by atoms with E-state index in [0.29, 0.717) is 6.07 Å². The maximum atomic E-state index is 12.6. The van der Waals surface area contributed by atoms with Crippen LogP contribution in [0.15, 0.2) is 10.5 Å². The number of hydrogen-bond donors (Lipinski definition) is 0. The first kappa shape index (κ1) is 15.8. The lowest BCUT2D eigenvalue weighted by Crippen LogP contribution is -2.17. The fourth-order valence-electron chi connectivity index (χ4n) is 1.24. The highest BCUT2D eigenvalue weighted by Crippen LogP contribution is 2.37. The molecule has 0 amide bonds. The van der Waals surface area contributed by atoms with Crippen molar-refractivity contribution in [2.45, 2.75) is 19.5 Å². The lowest BCUT2D eigenvalue weighted by Gasteiger charge is -2.13. The zero-order valence-corrected chi connectivity index (χ0v) is 11.0. The van der Waals surface area contributed by atoms with Crippen molar-refractivity contribution in [3.05, 3.63) is 27.5 Å². The van der Waals surface area contributed by atoms with Crippen LogP contribution < -0.4 is 0 Å². The number of carbonyl (C=O) groups is 1. The van der Waals surface area contributed by atoms with E-state index >= 15 is 0 Å². The van der Waals surface area contributed by atoms with Gasteiger partial charge in [-0.05, 0) is 28.9 Å². The summed E-state index contributed by atoms with van der Waals surface area (Å²) < 4.78 is 67.1. The maximum Gasteiger partial charge on any atom is 0.433 e. The number of ether oxygens (including phenoxy) is 1. The molecule has 1 aromatic heterocycles. The van der Waals surface area contributed by atoms with Crippen molar-refractivity contribution >= 4 is 21.9 Å². The van der Waals surface area contributed by atoms with Gasteiger partial charge in [0.1, 0.15) is 0 Å². The van der Waals surface area contributed by atoms with Gasteiger partial charge in [0, 0.05) is 5.56 Å². The van der Waals surface area contributed by atoms with Crippen LogP contribution in [0.25, 0.3) is 0 Å². The maximum absolute atomic E-state index is 12.6. The third kappa shape index (κ3) is 3.62. The van der Waals surface area contributed by atoms with E-state index in [9.17, 15) is 26.7 Å². The lowest BCUT2D eigenvalue weighted by molar-refractivity contribution is -0.143. The number of carbonyl (C=O) groups excluding carboxylic acids is 1. The minimum absolute atomic E-state index is 0.0785. The summed E-state index contributed by atoms with van der Waals surface area (Å²) in [6.45, 7) is 1.37. The molecule has 9 heteroatoms. The van der Waals surface area contributed by atoms with Gasteiger partial charge >= 0.3 is 12.1 Å². The van der Waals surface area contributed by atoms with Crippen molar-refractivity contribution < 1.29 is 31.5 Å². The second-order valence-corrected chi connectivity index (χ2v) is 4.13. The highest BCUT2D eigenvalue weighted by Gasteiger charge is 2.39. The Kier molecular flexibility index (Phi) is 4.83.